The van der Waals surface area contributed by atoms with Crippen LogP contribution in [0.2, 0.25) is 0 Å². The Morgan fingerprint density at radius 3 is 2.52 bits per heavy atom. The molecule has 0 bridgehead atoms. The lowest BCUT2D eigenvalue weighted by Crippen LogP contribution is -2.05. The van der Waals surface area contributed by atoms with E-state index in [2.05, 4.69) is 49.1 Å². The SMILES string of the molecule is C=CC1=CCC(CCc2cccc(-c3cccc(OCCCOC)c3)c2)C=C1O.CC. The van der Waals surface area contributed by atoms with Gasteiger partial charge in [0, 0.05) is 25.7 Å². The smallest absolute Gasteiger partial charge is 0.119 e. The van der Waals surface area contributed by atoms with Crippen molar-refractivity contribution in [2.45, 2.75) is 39.5 Å². The summed E-state index contributed by atoms with van der Waals surface area (Å²) in [6.07, 6.45) is 9.57. The maximum atomic E-state index is 10.0. The first-order chi connectivity index (χ1) is 15.2. The molecule has 166 valence electrons. The minimum atomic E-state index is 0.354. The molecule has 0 amide bonds. The summed E-state index contributed by atoms with van der Waals surface area (Å²) in [7, 11) is 1.70. The van der Waals surface area contributed by atoms with Crippen LogP contribution in [-0.2, 0) is 11.2 Å². The molecule has 0 aromatic heterocycles. The Bertz CT molecular complexity index is 879. The third-order valence-electron chi connectivity index (χ3n) is 5.21. The van der Waals surface area contributed by atoms with Gasteiger partial charge in [0.1, 0.15) is 11.5 Å². The number of aryl methyl sites for hydroxylation is 1. The summed E-state index contributed by atoms with van der Waals surface area (Å²) in [5.74, 6) is 1.61. The fourth-order valence-corrected chi connectivity index (χ4v) is 3.58. The van der Waals surface area contributed by atoms with Crippen LogP contribution in [0.3, 0.4) is 0 Å². The molecule has 1 aliphatic carbocycles. The minimum absolute atomic E-state index is 0.354. The van der Waals surface area contributed by atoms with Crippen molar-refractivity contribution in [2.75, 3.05) is 20.3 Å². The van der Waals surface area contributed by atoms with Gasteiger partial charge in [-0.1, -0.05) is 69.0 Å². The number of rotatable bonds is 10. The van der Waals surface area contributed by atoms with Gasteiger partial charge in [-0.15, -0.1) is 0 Å². The maximum absolute atomic E-state index is 10.0. The Labute approximate surface area is 187 Å². The van der Waals surface area contributed by atoms with E-state index in [0.29, 0.717) is 24.9 Å². The number of hydrogen-bond acceptors (Lipinski definition) is 3. The molecular weight excluding hydrogens is 384 g/mol. The van der Waals surface area contributed by atoms with Crippen LogP contribution in [0.15, 0.2) is 84.7 Å². The first-order valence-electron chi connectivity index (χ1n) is 11.2. The molecule has 0 heterocycles. The molecular formula is C28H36O3. The van der Waals surface area contributed by atoms with E-state index in [0.717, 1.165) is 42.6 Å². The van der Waals surface area contributed by atoms with Crippen molar-refractivity contribution in [3.63, 3.8) is 0 Å². The van der Waals surface area contributed by atoms with Crippen LogP contribution in [0, 0.1) is 5.92 Å². The number of benzene rings is 2. The second kappa shape index (κ2) is 13.5. The second-order valence-corrected chi connectivity index (χ2v) is 7.37. The van der Waals surface area contributed by atoms with Gasteiger partial charge in [-0.3, -0.25) is 0 Å². The molecule has 0 radical (unpaired) electrons. The molecule has 3 rings (SSSR count). The number of aliphatic hydroxyl groups excluding tert-OH is 1. The molecule has 1 atom stereocenters. The van der Waals surface area contributed by atoms with Gasteiger partial charge in [-0.05, 0) is 60.1 Å². The summed E-state index contributed by atoms with van der Waals surface area (Å²) in [6.45, 7) is 9.10. The fraction of sp³-hybridized carbons (Fsp3) is 0.357. The monoisotopic (exact) mass is 420 g/mol. The molecule has 0 aliphatic heterocycles. The predicted molar refractivity (Wildman–Crippen MR) is 131 cm³/mol. The summed E-state index contributed by atoms with van der Waals surface area (Å²) >= 11 is 0. The molecule has 0 fully saturated rings. The Hall–Kier alpha value is -2.78. The average Bonchev–Trinajstić information content (AvgIpc) is 2.82. The third kappa shape index (κ3) is 7.76. The number of allylic oxidation sites excluding steroid dienone is 3. The zero-order chi connectivity index (χ0) is 22.5. The van der Waals surface area contributed by atoms with Gasteiger partial charge >= 0.3 is 0 Å². The van der Waals surface area contributed by atoms with E-state index >= 15 is 0 Å². The molecule has 1 aliphatic rings. The van der Waals surface area contributed by atoms with E-state index in [4.69, 9.17) is 9.47 Å². The highest BCUT2D eigenvalue weighted by Gasteiger charge is 2.13. The zero-order valence-corrected chi connectivity index (χ0v) is 19.1. The zero-order valence-electron chi connectivity index (χ0n) is 19.1. The summed E-state index contributed by atoms with van der Waals surface area (Å²) in [4.78, 5) is 0. The lowest BCUT2D eigenvalue weighted by molar-refractivity contribution is 0.172. The van der Waals surface area contributed by atoms with Crippen LogP contribution >= 0.6 is 0 Å². The van der Waals surface area contributed by atoms with Crippen molar-refractivity contribution < 1.29 is 14.6 Å². The molecule has 3 heteroatoms. The minimum Gasteiger partial charge on any atom is -0.508 e. The first-order valence-corrected chi connectivity index (χ1v) is 11.2. The summed E-state index contributed by atoms with van der Waals surface area (Å²) in [5.41, 5.74) is 4.50. The van der Waals surface area contributed by atoms with Crippen LogP contribution < -0.4 is 4.74 Å². The van der Waals surface area contributed by atoms with E-state index in [1.807, 2.05) is 32.1 Å². The van der Waals surface area contributed by atoms with Crippen molar-refractivity contribution >= 4 is 0 Å². The van der Waals surface area contributed by atoms with Gasteiger partial charge in [0.25, 0.3) is 0 Å². The van der Waals surface area contributed by atoms with Gasteiger partial charge in [-0.25, -0.2) is 0 Å². The molecule has 0 saturated heterocycles. The molecule has 2 aromatic carbocycles. The van der Waals surface area contributed by atoms with Crippen molar-refractivity contribution in [1.29, 1.82) is 0 Å². The highest BCUT2D eigenvalue weighted by atomic mass is 16.5. The molecule has 0 saturated carbocycles. The summed E-state index contributed by atoms with van der Waals surface area (Å²) < 4.78 is 10.9. The van der Waals surface area contributed by atoms with Crippen molar-refractivity contribution in [1.82, 2.24) is 0 Å². The van der Waals surface area contributed by atoms with Gasteiger partial charge < -0.3 is 14.6 Å². The van der Waals surface area contributed by atoms with Crippen LogP contribution in [0.25, 0.3) is 11.1 Å². The van der Waals surface area contributed by atoms with E-state index < -0.39 is 0 Å². The predicted octanol–water partition coefficient (Wildman–Crippen LogP) is 7.30. The van der Waals surface area contributed by atoms with E-state index in [9.17, 15) is 5.11 Å². The third-order valence-corrected chi connectivity index (χ3v) is 5.21. The quantitative estimate of drug-likeness (QED) is 0.410. The maximum Gasteiger partial charge on any atom is 0.119 e. The lowest BCUT2D eigenvalue weighted by atomic mass is 9.89. The van der Waals surface area contributed by atoms with Crippen LogP contribution in [0.5, 0.6) is 5.75 Å². The summed E-state index contributed by atoms with van der Waals surface area (Å²) in [5, 5.41) is 10.0. The van der Waals surface area contributed by atoms with E-state index in [1.165, 1.54) is 11.1 Å². The molecule has 1 N–H and O–H groups in total. The normalized spacial score (nSPS) is 15.3. The Morgan fingerprint density at radius 2 is 1.81 bits per heavy atom. The standard InChI is InChI=1S/C26H30O3.C2H6/c1-3-22-14-13-21(18-26(22)27)12-11-20-7-4-8-23(17-20)24-9-5-10-25(19-24)29-16-6-15-28-2;1-2/h3-5,7-10,14,17-19,21,27H,1,6,11-13,15-16H2,2H3;1-2H3. The fourth-order valence-electron chi connectivity index (χ4n) is 3.58. The highest BCUT2D eigenvalue weighted by Crippen LogP contribution is 2.28. The average molecular weight is 421 g/mol. The van der Waals surface area contributed by atoms with Gasteiger partial charge in [-0.2, -0.15) is 0 Å². The van der Waals surface area contributed by atoms with Crippen molar-refractivity contribution in [3.05, 3.63) is 90.2 Å². The molecule has 3 nitrogen and oxygen atoms in total. The topological polar surface area (TPSA) is 38.7 Å². The van der Waals surface area contributed by atoms with Gasteiger partial charge in [0.15, 0.2) is 0 Å². The van der Waals surface area contributed by atoms with Crippen LogP contribution in [-0.4, -0.2) is 25.4 Å². The Morgan fingerprint density at radius 1 is 1.06 bits per heavy atom. The number of hydrogen-bond donors (Lipinski definition) is 1. The number of methoxy groups -OCH3 is 1. The molecule has 31 heavy (non-hydrogen) atoms. The van der Waals surface area contributed by atoms with E-state index in [1.54, 1.807) is 13.2 Å². The summed E-state index contributed by atoms with van der Waals surface area (Å²) in [6, 6.07) is 16.9. The lowest BCUT2D eigenvalue weighted by Gasteiger charge is -2.17. The van der Waals surface area contributed by atoms with Gasteiger partial charge in [0.05, 0.1) is 6.61 Å². The molecule has 0 spiro atoms. The van der Waals surface area contributed by atoms with Crippen LogP contribution in [0.1, 0.15) is 38.7 Å². The molecule has 1 unspecified atom stereocenters. The highest BCUT2D eigenvalue weighted by molar-refractivity contribution is 5.65. The van der Waals surface area contributed by atoms with Gasteiger partial charge in [0.2, 0.25) is 0 Å². The second-order valence-electron chi connectivity index (χ2n) is 7.37. The number of ether oxygens (including phenoxy) is 2. The van der Waals surface area contributed by atoms with E-state index in [-0.39, 0.29) is 0 Å². The molecule has 2 aromatic rings. The Balaban J connectivity index is 0.00000166. The number of aliphatic hydroxyl groups is 1. The largest absolute Gasteiger partial charge is 0.508 e. The van der Waals surface area contributed by atoms with Crippen molar-refractivity contribution in [2.24, 2.45) is 5.92 Å². The Kier molecular flexibility index (Phi) is 10.7. The van der Waals surface area contributed by atoms with Crippen molar-refractivity contribution in [3.8, 4) is 16.9 Å². The first kappa shape index (κ1) is 24.5. The van der Waals surface area contributed by atoms with Crippen LogP contribution in [0.4, 0.5) is 0 Å².